The summed E-state index contributed by atoms with van der Waals surface area (Å²) < 4.78 is 0. The lowest BCUT2D eigenvalue weighted by atomic mass is 10.1. The number of rotatable bonds is 3. The molecule has 22 heavy (non-hydrogen) atoms. The van der Waals surface area contributed by atoms with Gasteiger partial charge in [-0.25, -0.2) is 4.79 Å². The summed E-state index contributed by atoms with van der Waals surface area (Å²) in [6.07, 6.45) is 5.34. The second-order valence-electron chi connectivity index (χ2n) is 6.21. The molecule has 1 aliphatic heterocycles. The van der Waals surface area contributed by atoms with Crippen LogP contribution in [-0.4, -0.2) is 35.5 Å². The maximum atomic E-state index is 12.3. The van der Waals surface area contributed by atoms with E-state index in [2.05, 4.69) is 27.0 Å². The number of urea groups is 1. The molecule has 120 valence electrons. The van der Waals surface area contributed by atoms with E-state index in [9.17, 15) is 9.59 Å². The zero-order valence-corrected chi connectivity index (χ0v) is 13.7. The van der Waals surface area contributed by atoms with Crippen LogP contribution in [0.5, 0.6) is 0 Å². The highest BCUT2D eigenvalue weighted by molar-refractivity contribution is 7.10. The third kappa shape index (κ3) is 3.50. The van der Waals surface area contributed by atoms with Gasteiger partial charge in [-0.15, -0.1) is 11.3 Å². The summed E-state index contributed by atoms with van der Waals surface area (Å²) >= 11 is 1.78. The Hall–Kier alpha value is -1.40. The number of amides is 3. The number of hydrogen-bond donors (Lipinski definition) is 2. The van der Waals surface area contributed by atoms with E-state index in [1.165, 1.54) is 10.4 Å². The topological polar surface area (TPSA) is 61.4 Å². The molecular formula is C16H23N3O2S. The molecular weight excluding hydrogens is 298 g/mol. The summed E-state index contributed by atoms with van der Waals surface area (Å²) in [5.41, 5.74) is 1.31. The third-order valence-electron chi connectivity index (χ3n) is 4.69. The summed E-state index contributed by atoms with van der Waals surface area (Å²) in [5.74, 6) is -0.214. The Kier molecular flexibility index (Phi) is 4.78. The predicted molar refractivity (Wildman–Crippen MR) is 86.8 cm³/mol. The predicted octanol–water partition coefficient (Wildman–Crippen LogP) is 2.26. The average Bonchev–Trinajstić information content (AvgIpc) is 3.16. The van der Waals surface area contributed by atoms with Crippen molar-refractivity contribution in [1.82, 2.24) is 15.5 Å². The highest BCUT2D eigenvalue weighted by atomic mass is 32.1. The molecule has 2 heterocycles. The Balaban J connectivity index is 1.50. The van der Waals surface area contributed by atoms with E-state index < -0.39 is 0 Å². The van der Waals surface area contributed by atoms with E-state index in [4.69, 9.17) is 0 Å². The molecule has 0 aromatic carbocycles. The number of fused-ring (bicyclic) bond motifs is 1. The van der Waals surface area contributed by atoms with Crippen LogP contribution in [0.15, 0.2) is 11.4 Å². The van der Waals surface area contributed by atoms with Crippen LogP contribution in [0.4, 0.5) is 4.79 Å². The number of nitrogens with one attached hydrogen (secondary N) is 2. The molecule has 0 radical (unpaired) electrons. The number of carbonyl (C=O) groups excluding carboxylic acids is 2. The van der Waals surface area contributed by atoms with Crippen LogP contribution in [0, 0.1) is 0 Å². The van der Waals surface area contributed by atoms with Gasteiger partial charge in [-0.3, -0.25) is 15.0 Å². The first-order valence-corrected chi connectivity index (χ1v) is 8.92. The first-order valence-electron chi connectivity index (χ1n) is 8.04. The lowest BCUT2D eigenvalue weighted by Crippen LogP contribution is -2.51. The van der Waals surface area contributed by atoms with Crippen LogP contribution < -0.4 is 10.6 Å². The van der Waals surface area contributed by atoms with Gasteiger partial charge in [0.15, 0.2) is 0 Å². The summed E-state index contributed by atoms with van der Waals surface area (Å²) in [5, 5.41) is 7.49. The van der Waals surface area contributed by atoms with Crippen molar-refractivity contribution in [2.24, 2.45) is 0 Å². The van der Waals surface area contributed by atoms with E-state index in [0.29, 0.717) is 0 Å². The molecule has 3 rings (SSSR count). The van der Waals surface area contributed by atoms with Crippen LogP contribution in [0.3, 0.4) is 0 Å². The Labute approximate surface area is 135 Å². The lowest BCUT2D eigenvalue weighted by molar-refractivity contribution is -0.125. The van der Waals surface area contributed by atoms with Gasteiger partial charge < -0.3 is 5.32 Å². The number of nitrogens with zero attached hydrogens (tertiary/aromatic N) is 1. The quantitative estimate of drug-likeness (QED) is 0.898. The maximum absolute atomic E-state index is 12.3. The molecule has 6 heteroatoms. The van der Waals surface area contributed by atoms with Crippen molar-refractivity contribution in [2.75, 3.05) is 6.54 Å². The van der Waals surface area contributed by atoms with Crippen LogP contribution in [0.25, 0.3) is 0 Å². The van der Waals surface area contributed by atoms with E-state index >= 15 is 0 Å². The van der Waals surface area contributed by atoms with Crippen molar-refractivity contribution in [3.8, 4) is 0 Å². The molecule has 1 aliphatic carbocycles. The fourth-order valence-electron chi connectivity index (χ4n) is 3.27. The Morgan fingerprint density at radius 3 is 2.91 bits per heavy atom. The molecule has 1 aromatic heterocycles. The van der Waals surface area contributed by atoms with Crippen LogP contribution in [0.1, 0.15) is 43.0 Å². The Morgan fingerprint density at radius 2 is 2.14 bits per heavy atom. The Morgan fingerprint density at radius 1 is 1.36 bits per heavy atom. The van der Waals surface area contributed by atoms with Crippen LogP contribution in [0.2, 0.25) is 0 Å². The molecule has 1 unspecified atom stereocenters. The SMILES string of the molecule is CC(C(=O)NC(=O)NC1CCCC1)N1CCc2sccc2C1. The van der Waals surface area contributed by atoms with E-state index in [1.54, 1.807) is 11.3 Å². The number of imide groups is 1. The largest absolute Gasteiger partial charge is 0.335 e. The van der Waals surface area contributed by atoms with Crippen molar-refractivity contribution < 1.29 is 9.59 Å². The first-order chi connectivity index (χ1) is 10.6. The van der Waals surface area contributed by atoms with Gasteiger partial charge in [-0.05, 0) is 43.2 Å². The van der Waals surface area contributed by atoms with Crippen LogP contribution >= 0.6 is 11.3 Å². The highest BCUT2D eigenvalue weighted by Crippen LogP contribution is 2.25. The van der Waals surface area contributed by atoms with Gasteiger partial charge in [0.1, 0.15) is 0 Å². The van der Waals surface area contributed by atoms with Gasteiger partial charge >= 0.3 is 6.03 Å². The van der Waals surface area contributed by atoms with Crippen molar-refractivity contribution in [1.29, 1.82) is 0 Å². The van der Waals surface area contributed by atoms with Gasteiger partial charge in [0, 0.05) is 24.0 Å². The monoisotopic (exact) mass is 321 g/mol. The molecule has 2 N–H and O–H groups in total. The minimum absolute atomic E-state index is 0.214. The number of thiophene rings is 1. The second kappa shape index (κ2) is 6.79. The molecule has 1 saturated carbocycles. The lowest BCUT2D eigenvalue weighted by Gasteiger charge is -2.31. The summed E-state index contributed by atoms with van der Waals surface area (Å²) in [4.78, 5) is 27.7. The number of carbonyl (C=O) groups is 2. The first kappa shape index (κ1) is 15.5. The van der Waals surface area contributed by atoms with E-state index in [0.717, 1.165) is 45.2 Å². The van der Waals surface area contributed by atoms with Crippen molar-refractivity contribution in [2.45, 2.75) is 57.7 Å². The standard InChI is InChI=1S/C16H23N3O2S/c1-11(19-8-6-14-12(10-19)7-9-22-14)15(20)18-16(21)17-13-4-2-3-5-13/h7,9,11,13H,2-6,8,10H2,1H3,(H2,17,18,20,21). The molecule has 0 saturated heterocycles. The zero-order valence-electron chi connectivity index (χ0n) is 12.9. The van der Waals surface area contributed by atoms with Gasteiger partial charge in [0.25, 0.3) is 0 Å². The maximum Gasteiger partial charge on any atom is 0.321 e. The summed E-state index contributed by atoms with van der Waals surface area (Å²) in [6, 6.07) is 1.72. The second-order valence-corrected chi connectivity index (χ2v) is 7.21. The van der Waals surface area contributed by atoms with E-state index in [1.807, 2.05) is 6.92 Å². The third-order valence-corrected chi connectivity index (χ3v) is 5.71. The van der Waals surface area contributed by atoms with Gasteiger partial charge in [0.2, 0.25) is 5.91 Å². The molecule has 1 fully saturated rings. The van der Waals surface area contributed by atoms with Crippen LogP contribution in [-0.2, 0) is 17.8 Å². The normalized spacial score (nSPS) is 20.4. The smallest absolute Gasteiger partial charge is 0.321 e. The van der Waals surface area contributed by atoms with Gasteiger partial charge in [0.05, 0.1) is 6.04 Å². The van der Waals surface area contributed by atoms with Gasteiger partial charge in [-0.2, -0.15) is 0 Å². The fraction of sp³-hybridized carbons (Fsp3) is 0.625. The molecule has 3 amide bonds. The van der Waals surface area contributed by atoms with Crippen molar-refractivity contribution in [3.05, 3.63) is 21.9 Å². The average molecular weight is 321 g/mol. The number of hydrogen-bond acceptors (Lipinski definition) is 4. The molecule has 1 aromatic rings. The molecule has 2 aliphatic rings. The summed E-state index contributed by atoms with van der Waals surface area (Å²) in [6.45, 7) is 3.53. The zero-order chi connectivity index (χ0) is 15.5. The molecule has 1 atom stereocenters. The van der Waals surface area contributed by atoms with Crippen molar-refractivity contribution in [3.63, 3.8) is 0 Å². The minimum Gasteiger partial charge on any atom is -0.335 e. The van der Waals surface area contributed by atoms with Gasteiger partial charge in [-0.1, -0.05) is 12.8 Å². The van der Waals surface area contributed by atoms with E-state index in [-0.39, 0.29) is 24.0 Å². The molecule has 0 spiro atoms. The highest BCUT2D eigenvalue weighted by Gasteiger charge is 2.27. The molecule has 0 bridgehead atoms. The summed E-state index contributed by atoms with van der Waals surface area (Å²) in [7, 11) is 0. The Bertz CT molecular complexity index is 551. The fourth-order valence-corrected chi connectivity index (χ4v) is 4.16. The molecule has 5 nitrogen and oxygen atoms in total. The van der Waals surface area contributed by atoms with Crippen molar-refractivity contribution >= 4 is 23.3 Å². The minimum atomic E-state index is -0.350.